The Morgan fingerprint density at radius 2 is 1.90 bits per heavy atom. The first-order valence-electron chi connectivity index (χ1n) is 6.88. The van der Waals surface area contributed by atoms with E-state index in [2.05, 4.69) is 9.97 Å². The van der Waals surface area contributed by atoms with Crippen LogP contribution in [-0.4, -0.2) is 48.4 Å². The van der Waals surface area contributed by atoms with Gasteiger partial charge in [-0.05, 0) is 12.3 Å². The minimum absolute atomic E-state index is 0.0347. The number of methoxy groups -OCH3 is 2. The molecule has 0 spiro atoms. The number of carbonyl (C=O) groups is 1. The van der Waals surface area contributed by atoms with Crippen LogP contribution in [0.4, 0.5) is 5.95 Å². The van der Waals surface area contributed by atoms with Gasteiger partial charge in [-0.15, -0.1) is 0 Å². The van der Waals surface area contributed by atoms with Gasteiger partial charge in [0, 0.05) is 13.1 Å². The van der Waals surface area contributed by atoms with Crippen LogP contribution in [0.15, 0.2) is 6.07 Å². The first kappa shape index (κ1) is 15.3. The summed E-state index contributed by atoms with van der Waals surface area (Å²) in [5.74, 6) is 0.501. The first-order chi connectivity index (χ1) is 9.92. The van der Waals surface area contributed by atoms with E-state index in [1.54, 1.807) is 6.07 Å². The number of hydrogen-bond acceptors (Lipinski definition) is 6. The van der Waals surface area contributed by atoms with Gasteiger partial charge in [-0.3, -0.25) is 4.79 Å². The maximum absolute atomic E-state index is 11.7. The summed E-state index contributed by atoms with van der Waals surface area (Å²) in [4.78, 5) is 22.1. The summed E-state index contributed by atoms with van der Waals surface area (Å²) in [6, 6.07) is 1.59. The van der Waals surface area contributed by atoms with Crippen LogP contribution < -0.4 is 14.4 Å². The molecule has 0 amide bonds. The standard InChI is InChI=1S/C14H21N3O4/c1-9(2)14(12(18)19)5-6-17(8-14)13-15-10(20-3)7-11(16-13)21-4/h7,9H,5-6,8H2,1-4H3,(H,18,19). The second-order valence-electron chi connectivity index (χ2n) is 5.54. The molecule has 1 aromatic heterocycles. The maximum atomic E-state index is 11.7. The number of carboxylic acid groups (broad SMARTS) is 1. The van der Waals surface area contributed by atoms with Crippen LogP contribution in [0.2, 0.25) is 0 Å². The minimum Gasteiger partial charge on any atom is -0.481 e. The molecule has 1 unspecified atom stereocenters. The lowest BCUT2D eigenvalue weighted by atomic mass is 9.76. The number of carboxylic acids is 1. The zero-order chi connectivity index (χ0) is 15.6. The fourth-order valence-electron chi connectivity index (χ4n) is 2.64. The predicted molar refractivity (Wildman–Crippen MR) is 76.9 cm³/mol. The summed E-state index contributed by atoms with van der Waals surface area (Å²) in [6.07, 6.45) is 0.572. The second kappa shape index (κ2) is 5.75. The molecule has 2 heterocycles. The smallest absolute Gasteiger partial charge is 0.311 e. The van der Waals surface area contributed by atoms with Gasteiger partial charge < -0.3 is 19.5 Å². The summed E-state index contributed by atoms with van der Waals surface area (Å²) in [5, 5.41) is 9.58. The predicted octanol–water partition coefficient (Wildman–Crippen LogP) is 1.43. The first-order valence-corrected chi connectivity index (χ1v) is 6.88. The van der Waals surface area contributed by atoms with Crippen molar-refractivity contribution in [2.45, 2.75) is 20.3 Å². The van der Waals surface area contributed by atoms with Crippen LogP contribution in [0.1, 0.15) is 20.3 Å². The lowest BCUT2D eigenvalue weighted by Crippen LogP contribution is -2.39. The van der Waals surface area contributed by atoms with Gasteiger partial charge in [0.1, 0.15) is 0 Å². The molecule has 1 N–H and O–H groups in total. The number of aliphatic carboxylic acids is 1. The van der Waals surface area contributed by atoms with Crippen LogP contribution in [0.3, 0.4) is 0 Å². The van der Waals surface area contributed by atoms with Crippen LogP contribution in [0.5, 0.6) is 11.8 Å². The van der Waals surface area contributed by atoms with Crippen molar-refractivity contribution in [1.82, 2.24) is 9.97 Å². The van der Waals surface area contributed by atoms with E-state index in [0.29, 0.717) is 37.2 Å². The third-order valence-electron chi connectivity index (χ3n) is 4.20. The number of hydrogen-bond donors (Lipinski definition) is 1. The lowest BCUT2D eigenvalue weighted by Gasteiger charge is -2.28. The number of ether oxygens (including phenoxy) is 2. The zero-order valence-corrected chi connectivity index (χ0v) is 12.8. The van der Waals surface area contributed by atoms with Gasteiger partial charge in [-0.1, -0.05) is 13.8 Å². The Morgan fingerprint density at radius 1 is 1.33 bits per heavy atom. The van der Waals surface area contributed by atoms with Gasteiger partial charge in [-0.2, -0.15) is 9.97 Å². The monoisotopic (exact) mass is 295 g/mol. The van der Waals surface area contributed by atoms with E-state index in [1.807, 2.05) is 18.7 Å². The third-order valence-corrected chi connectivity index (χ3v) is 4.20. The van der Waals surface area contributed by atoms with E-state index in [4.69, 9.17) is 9.47 Å². The SMILES string of the molecule is COc1cc(OC)nc(N2CCC(C(=O)O)(C(C)C)C2)n1. The Morgan fingerprint density at radius 3 is 2.29 bits per heavy atom. The molecule has 7 nitrogen and oxygen atoms in total. The van der Waals surface area contributed by atoms with Crippen molar-refractivity contribution in [1.29, 1.82) is 0 Å². The van der Waals surface area contributed by atoms with Gasteiger partial charge in [0.2, 0.25) is 17.7 Å². The highest BCUT2D eigenvalue weighted by Gasteiger charge is 2.48. The molecule has 2 rings (SSSR count). The molecule has 7 heteroatoms. The lowest BCUT2D eigenvalue weighted by molar-refractivity contribution is -0.150. The second-order valence-corrected chi connectivity index (χ2v) is 5.54. The summed E-state index contributed by atoms with van der Waals surface area (Å²) < 4.78 is 10.3. The zero-order valence-electron chi connectivity index (χ0n) is 12.8. The molecule has 1 aromatic rings. The molecular weight excluding hydrogens is 274 g/mol. The largest absolute Gasteiger partial charge is 0.481 e. The number of nitrogens with zero attached hydrogens (tertiary/aromatic N) is 3. The molecule has 0 bridgehead atoms. The van der Waals surface area contributed by atoms with E-state index in [-0.39, 0.29) is 5.92 Å². The average molecular weight is 295 g/mol. The number of aromatic nitrogens is 2. The van der Waals surface area contributed by atoms with Gasteiger partial charge in [0.05, 0.1) is 25.7 Å². The molecular formula is C14H21N3O4. The van der Waals surface area contributed by atoms with Crippen molar-refractivity contribution in [3.63, 3.8) is 0 Å². The van der Waals surface area contributed by atoms with Crippen molar-refractivity contribution >= 4 is 11.9 Å². The van der Waals surface area contributed by atoms with Crippen molar-refractivity contribution in [2.24, 2.45) is 11.3 Å². The summed E-state index contributed by atoms with van der Waals surface area (Å²) in [5.41, 5.74) is -0.764. The Balaban J connectivity index is 2.30. The van der Waals surface area contributed by atoms with E-state index in [0.717, 1.165) is 0 Å². The summed E-state index contributed by atoms with van der Waals surface area (Å²) in [7, 11) is 3.04. The number of anilines is 1. The molecule has 0 radical (unpaired) electrons. The molecule has 116 valence electrons. The summed E-state index contributed by atoms with van der Waals surface area (Å²) in [6.45, 7) is 4.85. The van der Waals surface area contributed by atoms with Crippen molar-refractivity contribution in [2.75, 3.05) is 32.2 Å². The van der Waals surface area contributed by atoms with Crippen molar-refractivity contribution in [3.05, 3.63) is 6.07 Å². The summed E-state index contributed by atoms with van der Waals surface area (Å²) >= 11 is 0. The van der Waals surface area contributed by atoms with Crippen LogP contribution in [-0.2, 0) is 4.79 Å². The molecule has 0 saturated carbocycles. The Labute approximate surface area is 123 Å². The maximum Gasteiger partial charge on any atom is 0.311 e. The van der Waals surface area contributed by atoms with Gasteiger partial charge in [0.25, 0.3) is 0 Å². The highest BCUT2D eigenvalue weighted by Crippen LogP contribution is 2.39. The molecule has 1 aliphatic rings. The fraction of sp³-hybridized carbons (Fsp3) is 0.643. The van der Waals surface area contributed by atoms with Gasteiger partial charge in [-0.25, -0.2) is 0 Å². The third kappa shape index (κ3) is 2.72. The topological polar surface area (TPSA) is 84.8 Å². The Bertz CT molecular complexity index is 513. The molecule has 1 aliphatic heterocycles. The van der Waals surface area contributed by atoms with E-state index in [1.165, 1.54) is 14.2 Å². The van der Waals surface area contributed by atoms with Crippen LogP contribution >= 0.6 is 0 Å². The normalized spacial score (nSPS) is 21.7. The molecule has 0 aromatic carbocycles. The van der Waals surface area contributed by atoms with Crippen molar-refractivity contribution < 1.29 is 19.4 Å². The highest BCUT2D eigenvalue weighted by molar-refractivity contribution is 5.77. The van der Waals surface area contributed by atoms with Crippen LogP contribution in [0.25, 0.3) is 0 Å². The Kier molecular flexibility index (Phi) is 4.20. The average Bonchev–Trinajstić information content (AvgIpc) is 2.93. The fourth-order valence-corrected chi connectivity index (χ4v) is 2.64. The molecule has 0 aliphatic carbocycles. The molecule has 1 saturated heterocycles. The highest BCUT2D eigenvalue weighted by atomic mass is 16.5. The van der Waals surface area contributed by atoms with E-state index in [9.17, 15) is 9.90 Å². The quantitative estimate of drug-likeness (QED) is 0.879. The van der Waals surface area contributed by atoms with Crippen molar-refractivity contribution in [3.8, 4) is 11.8 Å². The van der Waals surface area contributed by atoms with Gasteiger partial charge >= 0.3 is 5.97 Å². The van der Waals surface area contributed by atoms with Gasteiger partial charge in [0.15, 0.2) is 0 Å². The van der Waals surface area contributed by atoms with E-state index < -0.39 is 11.4 Å². The minimum atomic E-state index is -0.769. The Hall–Kier alpha value is -2.05. The molecule has 1 fully saturated rings. The van der Waals surface area contributed by atoms with E-state index >= 15 is 0 Å². The van der Waals surface area contributed by atoms with Crippen LogP contribution in [0, 0.1) is 11.3 Å². The number of rotatable bonds is 5. The molecule has 1 atom stereocenters. The molecule has 21 heavy (non-hydrogen) atoms.